The molecule has 6 nitrogen and oxygen atoms in total. The summed E-state index contributed by atoms with van der Waals surface area (Å²) in [6, 6.07) is 12.9. The van der Waals surface area contributed by atoms with Crippen molar-refractivity contribution in [2.45, 2.75) is 13.8 Å². The molecule has 0 saturated carbocycles. The molecule has 0 aliphatic carbocycles. The zero-order valence-corrected chi connectivity index (χ0v) is 13.7. The minimum Gasteiger partial charge on any atom is -0.497 e. The van der Waals surface area contributed by atoms with Gasteiger partial charge in [0.15, 0.2) is 5.69 Å². The lowest BCUT2D eigenvalue weighted by Gasteiger charge is -2.08. The molecule has 1 N–H and O–H groups in total. The molecule has 0 radical (unpaired) electrons. The number of carbonyl (C=O) groups is 1. The van der Waals surface area contributed by atoms with Crippen molar-refractivity contribution in [3.05, 3.63) is 59.2 Å². The maximum atomic E-state index is 12.5. The normalized spacial score (nSPS) is 10.5. The van der Waals surface area contributed by atoms with Crippen LogP contribution in [0.2, 0.25) is 0 Å². The molecular formula is C18H17N3O3. The summed E-state index contributed by atoms with van der Waals surface area (Å²) < 4.78 is 10.0. The van der Waals surface area contributed by atoms with Crippen molar-refractivity contribution >= 4 is 11.7 Å². The highest BCUT2D eigenvalue weighted by atomic mass is 16.6. The van der Waals surface area contributed by atoms with E-state index in [2.05, 4.69) is 15.6 Å². The van der Waals surface area contributed by atoms with Crippen LogP contribution in [0.3, 0.4) is 0 Å². The van der Waals surface area contributed by atoms with Gasteiger partial charge >= 0.3 is 0 Å². The zero-order valence-electron chi connectivity index (χ0n) is 13.7. The van der Waals surface area contributed by atoms with Crippen LogP contribution >= 0.6 is 0 Å². The molecule has 3 rings (SSSR count). The second-order valence-electron chi connectivity index (χ2n) is 5.41. The van der Waals surface area contributed by atoms with Crippen LogP contribution in [0.25, 0.3) is 11.3 Å². The molecule has 0 atom stereocenters. The van der Waals surface area contributed by atoms with E-state index in [0.717, 1.165) is 22.4 Å². The van der Waals surface area contributed by atoms with Gasteiger partial charge in [-0.25, -0.2) is 4.63 Å². The van der Waals surface area contributed by atoms with Gasteiger partial charge in [0.05, 0.1) is 7.11 Å². The molecule has 1 amide bonds. The van der Waals surface area contributed by atoms with Gasteiger partial charge in [-0.05, 0) is 59.6 Å². The minimum atomic E-state index is -0.254. The van der Waals surface area contributed by atoms with Crippen LogP contribution in [-0.2, 0) is 0 Å². The highest BCUT2D eigenvalue weighted by Crippen LogP contribution is 2.30. The van der Waals surface area contributed by atoms with Gasteiger partial charge in [-0.1, -0.05) is 18.2 Å². The van der Waals surface area contributed by atoms with Crippen molar-refractivity contribution in [2.75, 3.05) is 12.4 Å². The van der Waals surface area contributed by atoms with Gasteiger partial charge in [0.25, 0.3) is 5.91 Å². The van der Waals surface area contributed by atoms with Crippen molar-refractivity contribution in [1.82, 2.24) is 10.3 Å². The predicted octanol–water partition coefficient (Wildman–Crippen LogP) is 3.61. The molecule has 122 valence electrons. The fourth-order valence-electron chi connectivity index (χ4n) is 2.48. The van der Waals surface area contributed by atoms with Gasteiger partial charge < -0.3 is 10.1 Å². The number of aromatic nitrogens is 2. The quantitative estimate of drug-likeness (QED) is 0.793. The van der Waals surface area contributed by atoms with E-state index in [1.807, 2.05) is 50.2 Å². The number of carbonyl (C=O) groups excluding carboxylic acids is 1. The van der Waals surface area contributed by atoms with Gasteiger partial charge in [0, 0.05) is 11.1 Å². The Labute approximate surface area is 139 Å². The molecule has 1 heterocycles. The predicted molar refractivity (Wildman–Crippen MR) is 90.2 cm³/mol. The van der Waals surface area contributed by atoms with E-state index in [-0.39, 0.29) is 11.7 Å². The molecule has 6 heteroatoms. The number of aryl methyl sites for hydroxylation is 2. The van der Waals surface area contributed by atoms with E-state index in [0.29, 0.717) is 11.3 Å². The number of amides is 1. The van der Waals surface area contributed by atoms with Crippen LogP contribution in [0.5, 0.6) is 5.75 Å². The van der Waals surface area contributed by atoms with E-state index in [4.69, 9.17) is 9.37 Å². The third-order valence-electron chi connectivity index (χ3n) is 3.80. The molecule has 0 aliphatic heterocycles. The van der Waals surface area contributed by atoms with Crippen molar-refractivity contribution in [2.24, 2.45) is 0 Å². The number of rotatable bonds is 4. The van der Waals surface area contributed by atoms with Crippen LogP contribution in [0.15, 0.2) is 47.1 Å². The number of methoxy groups -OCH3 is 1. The van der Waals surface area contributed by atoms with Crippen molar-refractivity contribution in [3.8, 4) is 17.0 Å². The van der Waals surface area contributed by atoms with Crippen LogP contribution < -0.4 is 10.1 Å². The summed E-state index contributed by atoms with van der Waals surface area (Å²) >= 11 is 0. The molecule has 1 aromatic heterocycles. The smallest absolute Gasteiger partial charge is 0.257 e. The highest BCUT2D eigenvalue weighted by molar-refractivity contribution is 6.06. The van der Waals surface area contributed by atoms with Crippen molar-refractivity contribution < 1.29 is 14.2 Å². The molecule has 0 saturated heterocycles. The first-order valence-electron chi connectivity index (χ1n) is 7.44. The summed E-state index contributed by atoms with van der Waals surface area (Å²) in [4.78, 5) is 12.5. The first-order valence-corrected chi connectivity index (χ1v) is 7.44. The van der Waals surface area contributed by atoms with E-state index in [9.17, 15) is 4.79 Å². The topological polar surface area (TPSA) is 77.2 Å². The summed E-state index contributed by atoms with van der Waals surface area (Å²) in [6.07, 6.45) is 0. The Kier molecular flexibility index (Phi) is 4.29. The molecule has 0 spiro atoms. The van der Waals surface area contributed by atoms with Gasteiger partial charge in [-0.3, -0.25) is 4.79 Å². The average Bonchev–Trinajstić information content (AvgIpc) is 3.02. The Bertz CT molecular complexity index is 887. The zero-order chi connectivity index (χ0) is 17.1. The maximum absolute atomic E-state index is 12.5. The number of hydrogen-bond donors (Lipinski definition) is 1. The van der Waals surface area contributed by atoms with Crippen LogP contribution in [-0.4, -0.2) is 23.3 Å². The molecule has 0 aliphatic rings. The second-order valence-corrected chi connectivity index (χ2v) is 5.41. The lowest BCUT2D eigenvalue weighted by molar-refractivity contribution is 0.102. The van der Waals surface area contributed by atoms with E-state index >= 15 is 0 Å². The minimum absolute atomic E-state index is 0.254. The number of anilines is 1. The second kappa shape index (κ2) is 6.54. The molecular weight excluding hydrogens is 306 g/mol. The number of nitrogens with one attached hydrogen (secondary N) is 1. The summed E-state index contributed by atoms with van der Waals surface area (Å²) in [5.41, 5.74) is 3.71. The molecule has 0 bridgehead atoms. The van der Waals surface area contributed by atoms with Crippen LogP contribution in [0, 0.1) is 13.8 Å². The summed E-state index contributed by atoms with van der Waals surface area (Å²) in [5.74, 6) is 0.783. The highest BCUT2D eigenvalue weighted by Gasteiger charge is 2.18. The Hall–Kier alpha value is -3.15. The Morgan fingerprint density at radius 2 is 1.88 bits per heavy atom. The van der Waals surface area contributed by atoms with Crippen molar-refractivity contribution in [1.29, 1.82) is 0 Å². The molecule has 24 heavy (non-hydrogen) atoms. The standard InChI is InChI=1S/C18H17N3O3/c1-11-6-4-5-7-15(11)18(22)19-17-16(20-24-21-17)14-9-8-13(23-3)10-12(14)2/h4-10H,1-3H3,(H,19,21,22). The van der Waals surface area contributed by atoms with Gasteiger partial charge in [0.2, 0.25) is 5.82 Å². The Morgan fingerprint density at radius 3 is 2.58 bits per heavy atom. The third kappa shape index (κ3) is 2.99. The van der Waals surface area contributed by atoms with Crippen molar-refractivity contribution in [3.63, 3.8) is 0 Å². The van der Waals surface area contributed by atoms with Gasteiger partial charge in [-0.2, -0.15) is 0 Å². The monoisotopic (exact) mass is 323 g/mol. The average molecular weight is 323 g/mol. The summed E-state index contributed by atoms with van der Waals surface area (Å²) in [7, 11) is 1.61. The first kappa shape index (κ1) is 15.7. The number of ether oxygens (including phenoxy) is 1. The van der Waals surface area contributed by atoms with Gasteiger partial charge in [0.1, 0.15) is 5.75 Å². The van der Waals surface area contributed by atoms with E-state index in [1.54, 1.807) is 13.2 Å². The molecule has 0 fully saturated rings. The number of nitrogens with zero attached hydrogens (tertiary/aromatic N) is 2. The molecule has 0 unspecified atom stereocenters. The largest absolute Gasteiger partial charge is 0.497 e. The number of hydrogen-bond acceptors (Lipinski definition) is 5. The van der Waals surface area contributed by atoms with Crippen LogP contribution in [0.4, 0.5) is 5.82 Å². The Balaban J connectivity index is 1.91. The van der Waals surface area contributed by atoms with E-state index in [1.165, 1.54) is 0 Å². The first-order chi connectivity index (χ1) is 11.6. The van der Waals surface area contributed by atoms with E-state index < -0.39 is 0 Å². The van der Waals surface area contributed by atoms with Gasteiger partial charge in [-0.15, -0.1) is 0 Å². The lowest BCUT2D eigenvalue weighted by atomic mass is 10.0. The third-order valence-corrected chi connectivity index (χ3v) is 3.80. The summed E-state index contributed by atoms with van der Waals surface area (Å²) in [6.45, 7) is 3.81. The molecule has 3 aromatic rings. The fraction of sp³-hybridized carbons (Fsp3) is 0.167. The maximum Gasteiger partial charge on any atom is 0.257 e. The SMILES string of the molecule is COc1ccc(-c2nonc2NC(=O)c2ccccc2C)c(C)c1. The molecule has 2 aromatic carbocycles. The summed E-state index contributed by atoms with van der Waals surface area (Å²) in [5, 5.41) is 10.5. The van der Waals surface area contributed by atoms with Crippen LogP contribution in [0.1, 0.15) is 21.5 Å². The number of benzene rings is 2. The lowest BCUT2D eigenvalue weighted by Crippen LogP contribution is -2.14. The fourth-order valence-corrected chi connectivity index (χ4v) is 2.48. The Morgan fingerprint density at radius 1 is 1.08 bits per heavy atom.